The largest absolute Gasteiger partial charge is 0.373 e. The Morgan fingerprint density at radius 2 is 2.47 bits per heavy atom. The van der Waals surface area contributed by atoms with Gasteiger partial charge in [0.1, 0.15) is 0 Å². The molecule has 2 heterocycles. The molecular formula is C12H17BrN4O2. The summed E-state index contributed by atoms with van der Waals surface area (Å²) in [5.41, 5.74) is 2.55. The highest BCUT2D eigenvalue weighted by Crippen LogP contribution is 2.24. The molecule has 1 aliphatic heterocycles. The van der Waals surface area contributed by atoms with Gasteiger partial charge in [0.05, 0.1) is 11.2 Å². The lowest BCUT2D eigenvalue weighted by molar-refractivity contribution is 0.0206. The third-order valence-electron chi connectivity index (χ3n) is 3.16. The van der Waals surface area contributed by atoms with Crippen molar-refractivity contribution in [3.63, 3.8) is 0 Å². The first-order valence-electron chi connectivity index (χ1n) is 6.08. The fourth-order valence-corrected chi connectivity index (χ4v) is 2.40. The number of nitrogen functional groups attached to an aromatic ring is 1. The average Bonchev–Trinajstić information content (AvgIpc) is 2.83. The van der Waals surface area contributed by atoms with Crippen LogP contribution in [0.2, 0.25) is 0 Å². The van der Waals surface area contributed by atoms with Gasteiger partial charge in [-0.3, -0.25) is 4.79 Å². The molecule has 19 heavy (non-hydrogen) atoms. The Labute approximate surface area is 120 Å². The smallest absolute Gasteiger partial charge is 0.255 e. The summed E-state index contributed by atoms with van der Waals surface area (Å²) in [5.74, 6) is 5.47. The molecule has 6 nitrogen and oxygen atoms in total. The molecule has 0 saturated carbocycles. The minimum Gasteiger partial charge on any atom is -0.373 e. The van der Waals surface area contributed by atoms with E-state index in [4.69, 9.17) is 10.6 Å². The van der Waals surface area contributed by atoms with Gasteiger partial charge in [-0.25, -0.2) is 10.8 Å². The lowest BCUT2D eigenvalue weighted by Gasteiger charge is -2.23. The van der Waals surface area contributed by atoms with E-state index in [1.54, 1.807) is 12.3 Å². The Bertz CT molecular complexity index is 475. The van der Waals surface area contributed by atoms with E-state index < -0.39 is 0 Å². The van der Waals surface area contributed by atoms with Crippen molar-refractivity contribution in [3.8, 4) is 0 Å². The highest BCUT2D eigenvalue weighted by Gasteiger charge is 2.30. The van der Waals surface area contributed by atoms with Crippen LogP contribution in [0.4, 0.5) is 5.82 Å². The Kier molecular flexibility index (Phi) is 4.38. The molecule has 0 radical (unpaired) electrons. The van der Waals surface area contributed by atoms with Crippen molar-refractivity contribution in [1.82, 2.24) is 10.3 Å². The van der Waals surface area contributed by atoms with E-state index >= 15 is 0 Å². The minimum absolute atomic E-state index is 0.224. The number of amides is 1. The molecule has 0 aromatic carbocycles. The lowest BCUT2D eigenvalue weighted by atomic mass is 10.0. The minimum atomic E-state index is -0.272. The van der Waals surface area contributed by atoms with Gasteiger partial charge in [0.15, 0.2) is 5.82 Å². The molecule has 1 saturated heterocycles. The number of hydrogen-bond donors (Lipinski definition) is 3. The van der Waals surface area contributed by atoms with Gasteiger partial charge in [-0.1, -0.05) is 0 Å². The van der Waals surface area contributed by atoms with E-state index in [0.717, 1.165) is 23.9 Å². The molecule has 1 fully saturated rings. The van der Waals surface area contributed by atoms with Crippen LogP contribution in [0.3, 0.4) is 0 Å². The second kappa shape index (κ2) is 5.85. The van der Waals surface area contributed by atoms with Crippen LogP contribution in [0.15, 0.2) is 16.7 Å². The fraction of sp³-hybridized carbons (Fsp3) is 0.500. The summed E-state index contributed by atoms with van der Waals surface area (Å²) in [4.78, 5) is 16.2. The van der Waals surface area contributed by atoms with Crippen LogP contribution in [0.5, 0.6) is 0 Å². The number of hydrogen-bond acceptors (Lipinski definition) is 5. The molecule has 1 unspecified atom stereocenters. The fourth-order valence-electron chi connectivity index (χ4n) is 2.07. The summed E-state index contributed by atoms with van der Waals surface area (Å²) < 4.78 is 6.35. The van der Waals surface area contributed by atoms with E-state index in [9.17, 15) is 4.79 Å². The monoisotopic (exact) mass is 328 g/mol. The van der Waals surface area contributed by atoms with E-state index in [-0.39, 0.29) is 11.5 Å². The summed E-state index contributed by atoms with van der Waals surface area (Å²) in [6.07, 6.45) is 3.56. The molecule has 1 aromatic rings. The van der Waals surface area contributed by atoms with Gasteiger partial charge in [-0.2, -0.15) is 0 Å². The number of rotatable bonds is 4. The van der Waals surface area contributed by atoms with Gasteiger partial charge in [-0.05, 0) is 41.8 Å². The van der Waals surface area contributed by atoms with Crippen LogP contribution >= 0.6 is 15.9 Å². The molecule has 1 amide bonds. The molecule has 1 aromatic heterocycles. The molecule has 0 bridgehead atoms. The van der Waals surface area contributed by atoms with Gasteiger partial charge in [0.25, 0.3) is 5.91 Å². The van der Waals surface area contributed by atoms with E-state index in [1.807, 2.05) is 6.92 Å². The molecule has 0 aliphatic carbocycles. The van der Waals surface area contributed by atoms with E-state index in [0.29, 0.717) is 17.9 Å². The SMILES string of the molecule is CC1(CNC(=O)c2cc(Br)cnc2NN)CCCO1. The molecule has 1 atom stereocenters. The number of pyridine rings is 1. The third-order valence-corrected chi connectivity index (χ3v) is 3.59. The van der Waals surface area contributed by atoms with E-state index in [1.165, 1.54) is 0 Å². The van der Waals surface area contributed by atoms with Crippen LogP contribution in [0.25, 0.3) is 0 Å². The number of anilines is 1. The van der Waals surface area contributed by atoms with Crippen molar-refractivity contribution >= 4 is 27.7 Å². The topological polar surface area (TPSA) is 89.3 Å². The second-order valence-corrected chi connectivity index (χ2v) is 5.69. The highest BCUT2D eigenvalue weighted by molar-refractivity contribution is 9.10. The molecule has 0 spiro atoms. The van der Waals surface area contributed by atoms with Crippen molar-refractivity contribution in [3.05, 3.63) is 22.3 Å². The number of nitrogens with zero attached hydrogens (tertiary/aromatic N) is 1. The van der Waals surface area contributed by atoms with Crippen molar-refractivity contribution < 1.29 is 9.53 Å². The summed E-state index contributed by atoms with van der Waals surface area (Å²) in [7, 11) is 0. The van der Waals surface area contributed by atoms with Crippen molar-refractivity contribution in [1.29, 1.82) is 0 Å². The van der Waals surface area contributed by atoms with Crippen molar-refractivity contribution in [2.75, 3.05) is 18.6 Å². The van der Waals surface area contributed by atoms with Gasteiger partial charge >= 0.3 is 0 Å². The number of aromatic nitrogens is 1. The lowest BCUT2D eigenvalue weighted by Crippen LogP contribution is -2.40. The maximum atomic E-state index is 12.2. The van der Waals surface area contributed by atoms with Crippen molar-refractivity contribution in [2.45, 2.75) is 25.4 Å². The van der Waals surface area contributed by atoms with Crippen molar-refractivity contribution in [2.24, 2.45) is 5.84 Å². The van der Waals surface area contributed by atoms with Crippen LogP contribution in [-0.4, -0.2) is 29.6 Å². The zero-order chi connectivity index (χ0) is 13.9. The van der Waals surface area contributed by atoms with E-state index in [2.05, 4.69) is 31.7 Å². The standard InChI is InChI=1S/C12H17BrN4O2/c1-12(3-2-4-19-12)7-16-11(18)9-5-8(13)6-15-10(9)17-14/h5-6H,2-4,7,14H2,1H3,(H,15,17)(H,16,18). The number of ether oxygens (including phenoxy) is 1. The maximum Gasteiger partial charge on any atom is 0.255 e. The van der Waals surface area contributed by atoms with Crippen LogP contribution in [-0.2, 0) is 4.74 Å². The summed E-state index contributed by atoms with van der Waals surface area (Å²) in [5, 5.41) is 2.86. The molecule has 104 valence electrons. The third kappa shape index (κ3) is 3.43. The number of nitrogens with two attached hydrogens (primary N) is 1. The molecule has 4 N–H and O–H groups in total. The zero-order valence-corrected chi connectivity index (χ0v) is 12.3. The normalized spacial score (nSPS) is 22.3. The Morgan fingerprint density at radius 3 is 3.11 bits per heavy atom. The number of nitrogens with one attached hydrogen (secondary N) is 2. The van der Waals surface area contributed by atoms with Crippen LogP contribution < -0.4 is 16.6 Å². The first-order chi connectivity index (χ1) is 9.04. The van der Waals surface area contributed by atoms with Gasteiger partial charge in [-0.15, -0.1) is 0 Å². The molecular weight excluding hydrogens is 312 g/mol. The van der Waals surface area contributed by atoms with Crippen LogP contribution in [0.1, 0.15) is 30.1 Å². The van der Waals surface area contributed by atoms with Gasteiger partial charge in [0.2, 0.25) is 0 Å². The Morgan fingerprint density at radius 1 is 1.68 bits per heavy atom. The number of carbonyl (C=O) groups excluding carboxylic acids is 1. The average molecular weight is 329 g/mol. The van der Waals surface area contributed by atoms with Gasteiger partial charge < -0.3 is 15.5 Å². The number of halogens is 1. The first kappa shape index (κ1) is 14.2. The molecule has 1 aliphatic rings. The quantitative estimate of drug-likeness (QED) is 0.574. The Balaban J connectivity index is 2.05. The molecule has 2 rings (SSSR count). The maximum absolute atomic E-state index is 12.2. The molecule has 7 heteroatoms. The predicted molar refractivity (Wildman–Crippen MR) is 75.7 cm³/mol. The zero-order valence-electron chi connectivity index (χ0n) is 10.7. The summed E-state index contributed by atoms with van der Waals surface area (Å²) in [6, 6.07) is 1.68. The number of carbonyl (C=O) groups is 1. The summed E-state index contributed by atoms with van der Waals surface area (Å²) in [6.45, 7) is 3.23. The summed E-state index contributed by atoms with van der Waals surface area (Å²) >= 11 is 3.29. The Hall–Kier alpha value is -1.18. The van der Waals surface area contributed by atoms with Gasteiger partial charge in [0, 0.05) is 23.8 Å². The van der Waals surface area contributed by atoms with Crippen LogP contribution in [0, 0.1) is 0 Å². The number of hydrazine groups is 1. The predicted octanol–water partition coefficient (Wildman–Crippen LogP) is 1.43. The first-order valence-corrected chi connectivity index (χ1v) is 6.88. The second-order valence-electron chi connectivity index (χ2n) is 4.78. The highest BCUT2D eigenvalue weighted by atomic mass is 79.9.